The molecule has 2 rings (SSSR count). The Morgan fingerprint density at radius 2 is 0.892 bits per heavy atom. The Morgan fingerprint density at radius 1 is 0.486 bits per heavy atom. The van der Waals surface area contributed by atoms with Crippen LogP contribution in [0.4, 0.5) is 0 Å². The van der Waals surface area contributed by atoms with Gasteiger partial charge in [0.05, 0.1) is 32.0 Å². The Morgan fingerprint density at radius 3 is 1.35 bits per heavy atom. The van der Waals surface area contributed by atoms with Gasteiger partial charge in [-0.2, -0.15) is 0 Å². The highest BCUT2D eigenvalue weighted by atomic mass is 16.7. The first-order valence-corrected chi connectivity index (χ1v) is 30.6. The number of carbonyl (C=O) groups is 1. The number of rotatable bonds is 49. The third-order valence-electron chi connectivity index (χ3n) is 15.2. The molecule has 0 saturated carbocycles. The normalized spacial score (nSPS) is 25.3. The lowest BCUT2D eigenvalue weighted by Crippen LogP contribution is -2.65. The summed E-state index contributed by atoms with van der Waals surface area (Å²) in [6.07, 6.45) is 37.4. The molecule has 2 heterocycles. The van der Waals surface area contributed by atoms with Gasteiger partial charge in [-0.15, -0.1) is 0 Å². The lowest BCUT2D eigenvalue weighted by Gasteiger charge is -2.46. The Hall–Kier alpha value is -1.53. The highest BCUT2D eigenvalue weighted by Crippen LogP contribution is 2.30. The van der Waals surface area contributed by atoms with E-state index in [-0.39, 0.29) is 12.5 Å². The van der Waals surface area contributed by atoms with E-state index in [2.05, 4.69) is 43.5 Å². The molecule has 0 radical (unpaired) electrons. The average Bonchev–Trinajstić information content (AvgIpc) is 3.40. The van der Waals surface area contributed by atoms with E-state index in [0.717, 1.165) is 64.2 Å². The summed E-state index contributed by atoms with van der Waals surface area (Å²) >= 11 is 0. The number of aliphatic hydroxyl groups is 8. The van der Waals surface area contributed by atoms with Crippen molar-refractivity contribution in [1.82, 2.24) is 5.32 Å². The maximum absolute atomic E-state index is 13.3. The van der Waals surface area contributed by atoms with Crippen LogP contribution in [0.25, 0.3) is 0 Å². The van der Waals surface area contributed by atoms with Crippen molar-refractivity contribution in [3.05, 3.63) is 24.3 Å². The van der Waals surface area contributed by atoms with E-state index in [1.54, 1.807) is 0 Å². The minimum absolute atomic E-state index is 0.208. The van der Waals surface area contributed by atoms with Gasteiger partial charge in [0.1, 0.15) is 48.8 Å². The van der Waals surface area contributed by atoms with Crippen LogP contribution in [0.15, 0.2) is 24.3 Å². The number of ether oxygens (including phenoxy) is 4. The van der Waals surface area contributed by atoms with Gasteiger partial charge >= 0.3 is 0 Å². The molecule has 12 atom stereocenters. The van der Waals surface area contributed by atoms with E-state index in [1.807, 2.05) is 0 Å². The second-order valence-corrected chi connectivity index (χ2v) is 21.8. The summed E-state index contributed by atoms with van der Waals surface area (Å²) in [5.41, 5.74) is 0. The van der Waals surface area contributed by atoms with Gasteiger partial charge in [-0.25, -0.2) is 0 Å². The van der Waals surface area contributed by atoms with E-state index >= 15 is 0 Å². The van der Waals surface area contributed by atoms with Gasteiger partial charge in [-0.3, -0.25) is 4.79 Å². The number of carbonyl (C=O) groups excluding carboxylic acids is 1. The van der Waals surface area contributed by atoms with E-state index < -0.39 is 86.8 Å². The van der Waals surface area contributed by atoms with Crippen LogP contribution in [0.2, 0.25) is 0 Å². The third kappa shape index (κ3) is 31.8. The summed E-state index contributed by atoms with van der Waals surface area (Å²) in [6.45, 7) is 2.87. The zero-order chi connectivity index (χ0) is 53.9. The predicted octanol–water partition coefficient (Wildman–Crippen LogP) is 10.4. The topological polar surface area (TPSA) is 228 Å². The fourth-order valence-corrected chi connectivity index (χ4v) is 10.2. The Bertz CT molecular complexity index is 1340. The van der Waals surface area contributed by atoms with E-state index in [4.69, 9.17) is 18.9 Å². The van der Waals surface area contributed by atoms with Crippen molar-refractivity contribution < 1.29 is 64.6 Å². The van der Waals surface area contributed by atoms with Crippen LogP contribution in [-0.2, 0) is 23.7 Å². The monoisotopic (exact) mass is 1060 g/mol. The highest BCUT2D eigenvalue weighted by Gasteiger charge is 2.51. The largest absolute Gasteiger partial charge is 0.394 e. The van der Waals surface area contributed by atoms with Crippen LogP contribution in [0, 0.1) is 0 Å². The van der Waals surface area contributed by atoms with E-state index in [0.29, 0.717) is 12.8 Å². The lowest BCUT2D eigenvalue weighted by molar-refractivity contribution is -0.359. The molecule has 0 aliphatic carbocycles. The molecule has 0 spiro atoms. The summed E-state index contributed by atoms with van der Waals surface area (Å²) in [6, 6.07) is -0.830. The van der Waals surface area contributed by atoms with Crippen molar-refractivity contribution in [2.24, 2.45) is 0 Å². The molecule has 0 aromatic carbocycles. The average molecular weight is 1060 g/mol. The summed E-state index contributed by atoms with van der Waals surface area (Å²) in [5, 5.41) is 87.3. The maximum atomic E-state index is 13.3. The molecule has 2 aliphatic rings. The van der Waals surface area contributed by atoms with Gasteiger partial charge in [0, 0.05) is 6.42 Å². The molecule has 14 heteroatoms. The van der Waals surface area contributed by atoms with Crippen molar-refractivity contribution in [2.45, 2.75) is 331 Å². The maximum Gasteiger partial charge on any atom is 0.220 e. The van der Waals surface area contributed by atoms with Crippen molar-refractivity contribution in [3.63, 3.8) is 0 Å². The summed E-state index contributed by atoms with van der Waals surface area (Å²) in [7, 11) is 0. The molecular weight excluding hydrogens is 943 g/mol. The van der Waals surface area contributed by atoms with Gasteiger partial charge in [0.25, 0.3) is 0 Å². The van der Waals surface area contributed by atoms with Crippen LogP contribution >= 0.6 is 0 Å². The molecule has 12 unspecified atom stereocenters. The Balaban J connectivity index is 1.75. The van der Waals surface area contributed by atoms with Crippen molar-refractivity contribution in [2.75, 3.05) is 19.8 Å². The SMILES string of the molecule is CCCCCCC/C=C\C/C=C\CCCCCCCCCCCC(=O)NC(COC1OC(CO)C(OC2OC(CO)C(O)C(O)C2O)C(O)C1O)C(O)CCCCCCCCCCCCCCCCCCCCC. The number of hydrogen-bond donors (Lipinski definition) is 9. The molecule has 436 valence electrons. The molecular formula is C60H113NO13. The first-order valence-electron chi connectivity index (χ1n) is 30.6. The van der Waals surface area contributed by atoms with Crippen molar-refractivity contribution >= 4 is 5.91 Å². The third-order valence-corrected chi connectivity index (χ3v) is 15.2. The second-order valence-electron chi connectivity index (χ2n) is 21.8. The number of aliphatic hydroxyl groups excluding tert-OH is 8. The molecule has 0 aromatic heterocycles. The van der Waals surface area contributed by atoms with Gasteiger partial charge in [0.2, 0.25) is 5.91 Å². The van der Waals surface area contributed by atoms with Crippen LogP contribution in [0.1, 0.15) is 258 Å². The van der Waals surface area contributed by atoms with Gasteiger partial charge < -0.3 is 65.1 Å². The number of nitrogens with one attached hydrogen (secondary N) is 1. The molecule has 9 N–H and O–H groups in total. The molecule has 1 amide bonds. The fourth-order valence-electron chi connectivity index (χ4n) is 10.2. The quantitative estimate of drug-likeness (QED) is 0.0204. The van der Waals surface area contributed by atoms with Crippen molar-refractivity contribution in [1.29, 1.82) is 0 Å². The highest BCUT2D eigenvalue weighted by molar-refractivity contribution is 5.76. The van der Waals surface area contributed by atoms with Crippen LogP contribution in [0.3, 0.4) is 0 Å². The molecule has 0 aromatic rings. The first kappa shape index (κ1) is 68.6. The second kappa shape index (κ2) is 46.4. The summed E-state index contributed by atoms with van der Waals surface area (Å²) in [4.78, 5) is 13.3. The van der Waals surface area contributed by atoms with Gasteiger partial charge in [-0.1, -0.05) is 231 Å². The number of unbranched alkanes of at least 4 members (excludes halogenated alkanes) is 32. The van der Waals surface area contributed by atoms with Gasteiger partial charge in [0.15, 0.2) is 12.6 Å². The zero-order valence-corrected chi connectivity index (χ0v) is 46.8. The number of allylic oxidation sites excluding steroid dienone is 4. The standard InChI is InChI=1S/C60H113NO13/c1-3-5-7-9-11-13-15-17-19-21-23-24-26-28-30-32-34-36-38-40-42-44-52(65)61-48(49(64)43-41-39-37-35-33-31-29-27-25-22-20-18-16-14-12-10-8-6-4-2)47-71-59-57(70)55(68)58(51(46-63)73-59)74-60-56(69)54(67)53(66)50(45-62)72-60/h15,17,21,23,48-51,53-60,62-64,66-70H,3-14,16,18-20,22,24-47H2,1-2H3,(H,61,65)/b17-15-,23-21-. The molecule has 2 aliphatic heterocycles. The molecule has 14 nitrogen and oxygen atoms in total. The van der Waals surface area contributed by atoms with Gasteiger partial charge in [-0.05, 0) is 44.9 Å². The molecule has 0 bridgehead atoms. The van der Waals surface area contributed by atoms with Crippen LogP contribution < -0.4 is 5.32 Å². The van der Waals surface area contributed by atoms with E-state index in [1.165, 1.54) is 167 Å². The minimum Gasteiger partial charge on any atom is -0.394 e. The zero-order valence-electron chi connectivity index (χ0n) is 46.8. The Kier molecular flexibility index (Phi) is 43.0. The minimum atomic E-state index is -1.78. The smallest absolute Gasteiger partial charge is 0.220 e. The molecule has 2 fully saturated rings. The number of hydrogen-bond acceptors (Lipinski definition) is 13. The summed E-state index contributed by atoms with van der Waals surface area (Å²) in [5.74, 6) is -0.208. The summed E-state index contributed by atoms with van der Waals surface area (Å²) < 4.78 is 22.9. The molecule has 74 heavy (non-hydrogen) atoms. The molecule has 2 saturated heterocycles. The predicted molar refractivity (Wildman–Crippen MR) is 295 cm³/mol. The lowest BCUT2D eigenvalue weighted by atomic mass is 9.97. The number of amides is 1. The van der Waals surface area contributed by atoms with E-state index in [9.17, 15) is 45.6 Å². The van der Waals surface area contributed by atoms with Crippen LogP contribution in [-0.4, -0.2) is 140 Å². The Labute approximate surface area is 449 Å². The van der Waals surface area contributed by atoms with Crippen molar-refractivity contribution in [3.8, 4) is 0 Å². The first-order chi connectivity index (χ1) is 36.1. The fraction of sp³-hybridized carbons (Fsp3) is 0.917. The van der Waals surface area contributed by atoms with Crippen LogP contribution in [0.5, 0.6) is 0 Å².